The number of aryl methyl sites for hydroxylation is 1. The Morgan fingerprint density at radius 3 is 2.90 bits per heavy atom. The van der Waals surface area contributed by atoms with Crippen molar-refractivity contribution >= 4 is 11.6 Å². The van der Waals surface area contributed by atoms with Crippen LogP contribution in [0.1, 0.15) is 25.6 Å². The van der Waals surface area contributed by atoms with Gasteiger partial charge in [0.2, 0.25) is 11.6 Å². The highest BCUT2D eigenvalue weighted by Gasteiger charge is 2.43. The van der Waals surface area contributed by atoms with Gasteiger partial charge in [0.25, 0.3) is 0 Å². The molecule has 0 amide bonds. The van der Waals surface area contributed by atoms with E-state index in [1.807, 2.05) is 18.4 Å². The van der Waals surface area contributed by atoms with Gasteiger partial charge in [-0.05, 0) is 36.2 Å². The zero-order valence-electron chi connectivity index (χ0n) is 12.1. The summed E-state index contributed by atoms with van der Waals surface area (Å²) in [6, 6.07) is 0. The summed E-state index contributed by atoms with van der Waals surface area (Å²) in [5.74, 6) is 1.42. The highest BCUT2D eigenvalue weighted by atomic mass is 16.6. The number of hydrogen-bond acceptors (Lipinski definition) is 5. The Morgan fingerprint density at radius 1 is 1.50 bits per heavy atom. The fourth-order valence-electron chi connectivity index (χ4n) is 3.61. The Labute approximate surface area is 118 Å². The maximum atomic E-state index is 11.3. The van der Waals surface area contributed by atoms with E-state index in [9.17, 15) is 10.1 Å². The number of aromatic nitrogens is 2. The number of imidazole rings is 1. The second-order valence-electron chi connectivity index (χ2n) is 5.91. The molecule has 1 spiro atoms. The molecule has 2 aliphatic rings. The van der Waals surface area contributed by atoms with Crippen LogP contribution in [0.5, 0.6) is 0 Å². The fourth-order valence-corrected chi connectivity index (χ4v) is 3.61. The number of anilines is 1. The molecule has 1 unspecified atom stereocenters. The molecule has 1 aromatic rings. The molecule has 110 valence electrons. The van der Waals surface area contributed by atoms with Crippen molar-refractivity contribution in [2.45, 2.75) is 33.2 Å². The van der Waals surface area contributed by atoms with Gasteiger partial charge in [-0.3, -0.25) is 4.57 Å². The second-order valence-corrected chi connectivity index (χ2v) is 5.91. The van der Waals surface area contributed by atoms with Crippen molar-refractivity contribution < 1.29 is 4.92 Å². The molecule has 0 bridgehead atoms. The summed E-state index contributed by atoms with van der Waals surface area (Å²) in [5, 5.41) is 14.7. The van der Waals surface area contributed by atoms with Crippen LogP contribution >= 0.6 is 0 Å². The van der Waals surface area contributed by atoms with Gasteiger partial charge >= 0.3 is 5.82 Å². The predicted molar refractivity (Wildman–Crippen MR) is 76.0 cm³/mol. The van der Waals surface area contributed by atoms with Crippen LogP contribution < -0.4 is 10.2 Å². The first-order chi connectivity index (χ1) is 9.56. The summed E-state index contributed by atoms with van der Waals surface area (Å²) in [5.41, 5.74) is 0.296. The topological polar surface area (TPSA) is 76.2 Å². The van der Waals surface area contributed by atoms with Crippen molar-refractivity contribution in [2.75, 3.05) is 31.1 Å². The number of rotatable bonds is 3. The lowest BCUT2D eigenvalue weighted by Gasteiger charge is -2.23. The Bertz CT molecular complexity index is 533. The van der Waals surface area contributed by atoms with Gasteiger partial charge in [-0.15, -0.1) is 0 Å². The Morgan fingerprint density at radius 2 is 2.30 bits per heavy atom. The molecule has 0 aromatic carbocycles. The van der Waals surface area contributed by atoms with Crippen LogP contribution in [0.15, 0.2) is 0 Å². The van der Waals surface area contributed by atoms with Crippen LogP contribution in [0, 0.1) is 22.5 Å². The summed E-state index contributed by atoms with van der Waals surface area (Å²) in [7, 11) is 0. The first kappa shape index (κ1) is 13.4. The third kappa shape index (κ3) is 1.96. The summed E-state index contributed by atoms with van der Waals surface area (Å²) < 4.78 is 1.96. The lowest BCUT2D eigenvalue weighted by atomic mass is 9.87. The highest BCUT2D eigenvalue weighted by Crippen LogP contribution is 2.41. The van der Waals surface area contributed by atoms with Crippen LogP contribution in [-0.4, -0.2) is 40.7 Å². The first-order valence-corrected chi connectivity index (χ1v) is 7.23. The molecule has 3 heterocycles. The van der Waals surface area contributed by atoms with Gasteiger partial charge < -0.3 is 20.3 Å². The minimum Gasteiger partial charge on any atom is -0.358 e. The molecule has 0 radical (unpaired) electrons. The summed E-state index contributed by atoms with van der Waals surface area (Å²) in [6.07, 6.45) is 2.27. The van der Waals surface area contributed by atoms with Gasteiger partial charge in [0.1, 0.15) is 0 Å². The van der Waals surface area contributed by atoms with Gasteiger partial charge in [0.05, 0.1) is 0 Å². The van der Waals surface area contributed by atoms with E-state index < -0.39 is 0 Å². The second kappa shape index (κ2) is 4.73. The molecule has 1 aromatic heterocycles. The summed E-state index contributed by atoms with van der Waals surface area (Å²) in [6.45, 7) is 8.41. The van der Waals surface area contributed by atoms with Crippen LogP contribution in [-0.2, 0) is 6.54 Å². The normalized spacial score (nSPS) is 25.8. The minimum absolute atomic E-state index is 0.00681. The molecule has 2 aliphatic heterocycles. The number of hydrogen-bond donors (Lipinski definition) is 1. The van der Waals surface area contributed by atoms with Crippen LogP contribution in [0.25, 0.3) is 0 Å². The Hall–Kier alpha value is -1.63. The van der Waals surface area contributed by atoms with Crippen molar-refractivity contribution in [3.63, 3.8) is 0 Å². The van der Waals surface area contributed by atoms with Gasteiger partial charge in [0.15, 0.2) is 0 Å². The van der Waals surface area contributed by atoms with E-state index in [2.05, 4.69) is 15.2 Å². The molecule has 20 heavy (non-hydrogen) atoms. The zero-order chi connectivity index (χ0) is 14.3. The number of nitro groups is 1. The molecule has 3 rings (SSSR count). The van der Waals surface area contributed by atoms with Crippen molar-refractivity contribution in [1.82, 2.24) is 14.9 Å². The van der Waals surface area contributed by atoms with E-state index in [1.54, 1.807) is 0 Å². The molecule has 0 aliphatic carbocycles. The molecular weight excluding hydrogens is 258 g/mol. The van der Waals surface area contributed by atoms with E-state index in [-0.39, 0.29) is 10.7 Å². The standard InChI is InChI=1S/C13H21N5O2/c1-3-17-10(2)15-11(18(19)20)12(17)16-7-5-13(9-16)4-6-14-8-13/h14H,3-9H2,1-2H3. The van der Waals surface area contributed by atoms with E-state index in [0.29, 0.717) is 17.8 Å². The Balaban J connectivity index is 1.95. The molecule has 0 saturated carbocycles. The lowest BCUT2D eigenvalue weighted by molar-refractivity contribution is -0.388. The van der Waals surface area contributed by atoms with Crippen LogP contribution in [0.4, 0.5) is 11.6 Å². The molecular formula is C13H21N5O2. The SMILES string of the molecule is CCn1c(C)nc([N+](=O)[O-])c1N1CCC2(CCNC2)C1. The summed E-state index contributed by atoms with van der Waals surface area (Å²) in [4.78, 5) is 17.2. The van der Waals surface area contributed by atoms with Crippen molar-refractivity contribution in [2.24, 2.45) is 5.41 Å². The molecule has 1 atom stereocenters. The third-order valence-corrected chi connectivity index (χ3v) is 4.67. The van der Waals surface area contributed by atoms with E-state index in [1.165, 1.54) is 0 Å². The average Bonchev–Trinajstić information content (AvgIpc) is 3.10. The van der Waals surface area contributed by atoms with Crippen LogP contribution in [0.3, 0.4) is 0 Å². The molecule has 7 nitrogen and oxygen atoms in total. The smallest absolute Gasteiger partial charge is 0.358 e. The minimum atomic E-state index is -0.355. The van der Waals surface area contributed by atoms with Gasteiger partial charge in [-0.2, -0.15) is 0 Å². The van der Waals surface area contributed by atoms with E-state index in [4.69, 9.17) is 0 Å². The maximum Gasteiger partial charge on any atom is 0.406 e. The molecule has 1 N–H and O–H groups in total. The lowest BCUT2D eigenvalue weighted by Crippen LogP contribution is -2.30. The predicted octanol–water partition coefficient (Wildman–Crippen LogP) is 1.31. The van der Waals surface area contributed by atoms with Gasteiger partial charge in [0, 0.05) is 38.5 Å². The Kier molecular flexibility index (Phi) is 3.16. The first-order valence-electron chi connectivity index (χ1n) is 7.23. The highest BCUT2D eigenvalue weighted by molar-refractivity contribution is 5.57. The van der Waals surface area contributed by atoms with E-state index >= 15 is 0 Å². The third-order valence-electron chi connectivity index (χ3n) is 4.67. The summed E-state index contributed by atoms with van der Waals surface area (Å²) >= 11 is 0. The number of nitrogens with zero attached hydrogens (tertiary/aromatic N) is 4. The van der Waals surface area contributed by atoms with Gasteiger partial charge in [-0.25, -0.2) is 0 Å². The fraction of sp³-hybridized carbons (Fsp3) is 0.769. The largest absolute Gasteiger partial charge is 0.406 e. The van der Waals surface area contributed by atoms with E-state index in [0.717, 1.165) is 44.8 Å². The monoisotopic (exact) mass is 279 g/mol. The molecule has 2 saturated heterocycles. The van der Waals surface area contributed by atoms with Crippen molar-refractivity contribution in [3.8, 4) is 0 Å². The number of nitrogens with one attached hydrogen (secondary N) is 1. The molecule has 2 fully saturated rings. The van der Waals surface area contributed by atoms with Crippen molar-refractivity contribution in [3.05, 3.63) is 15.9 Å². The molecule has 7 heteroatoms. The van der Waals surface area contributed by atoms with Gasteiger partial charge in [-0.1, -0.05) is 0 Å². The maximum absolute atomic E-state index is 11.3. The van der Waals surface area contributed by atoms with Crippen LogP contribution in [0.2, 0.25) is 0 Å². The van der Waals surface area contributed by atoms with Crippen molar-refractivity contribution in [1.29, 1.82) is 0 Å². The quantitative estimate of drug-likeness (QED) is 0.667. The average molecular weight is 279 g/mol. The zero-order valence-corrected chi connectivity index (χ0v) is 12.1.